The fourth-order valence-electron chi connectivity index (χ4n) is 1.50. The van der Waals surface area contributed by atoms with Crippen molar-refractivity contribution < 1.29 is 4.74 Å². The number of nitrogens with one attached hydrogen (secondary N) is 1. The Hall–Kier alpha value is -1.46. The third-order valence-electron chi connectivity index (χ3n) is 2.43. The summed E-state index contributed by atoms with van der Waals surface area (Å²) in [6.45, 7) is 4.72. The molecule has 2 heteroatoms. The van der Waals surface area contributed by atoms with Crippen molar-refractivity contribution in [1.82, 2.24) is 5.32 Å². The van der Waals surface area contributed by atoms with E-state index in [1.807, 2.05) is 13.0 Å². The van der Waals surface area contributed by atoms with Crippen molar-refractivity contribution in [1.29, 1.82) is 0 Å². The highest BCUT2D eigenvalue weighted by atomic mass is 16.5. The van der Waals surface area contributed by atoms with Gasteiger partial charge >= 0.3 is 0 Å². The molecule has 1 aromatic carbocycles. The van der Waals surface area contributed by atoms with E-state index in [0.717, 1.165) is 11.3 Å². The molecule has 1 aromatic rings. The van der Waals surface area contributed by atoms with Gasteiger partial charge in [0.05, 0.1) is 13.7 Å². The van der Waals surface area contributed by atoms with Crippen molar-refractivity contribution in [2.45, 2.75) is 19.9 Å². The molecule has 0 radical (unpaired) electrons. The number of aryl methyl sites for hydroxylation is 1. The molecule has 1 unspecified atom stereocenters. The predicted octanol–water partition coefficient (Wildman–Crippen LogP) is 2.29. The zero-order valence-corrected chi connectivity index (χ0v) is 9.50. The van der Waals surface area contributed by atoms with Gasteiger partial charge in [-0.25, -0.2) is 0 Å². The second-order valence-corrected chi connectivity index (χ2v) is 3.54. The minimum atomic E-state index is 0.269. The molecule has 0 aliphatic carbocycles. The molecule has 1 rings (SSSR count). The number of terminal acetylenes is 1. The zero-order chi connectivity index (χ0) is 11.3. The summed E-state index contributed by atoms with van der Waals surface area (Å²) in [5.41, 5.74) is 2.37. The van der Waals surface area contributed by atoms with Gasteiger partial charge in [0.1, 0.15) is 5.75 Å². The Kier molecular flexibility index (Phi) is 4.20. The first-order chi connectivity index (χ1) is 7.19. The number of hydrogen-bond donors (Lipinski definition) is 1. The highest BCUT2D eigenvalue weighted by Crippen LogP contribution is 2.22. The highest BCUT2D eigenvalue weighted by molar-refractivity contribution is 5.37. The van der Waals surface area contributed by atoms with Crippen LogP contribution < -0.4 is 10.1 Å². The molecule has 1 atom stereocenters. The predicted molar refractivity (Wildman–Crippen MR) is 63.0 cm³/mol. The van der Waals surface area contributed by atoms with E-state index >= 15 is 0 Å². The number of hydrogen-bond acceptors (Lipinski definition) is 2. The van der Waals surface area contributed by atoms with Crippen LogP contribution in [-0.4, -0.2) is 13.7 Å². The molecular weight excluding hydrogens is 186 g/mol. The molecule has 2 nitrogen and oxygen atoms in total. The fraction of sp³-hybridized carbons (Fsp3) is 0.385. The van der Waals surface area contributed by atoms with Crippen LogP contribution in [0, 0.1) is 19.3 Å². The van der Waals surface area contributed by atoms with Gasteiger partial charge in [0.15, 0.2) is 0 Å². The molecule has 15 heavy (non-hydrogen) atoms. The molecule has 0 amide bonds. The number of methoxy groups -OCH3 is 1. The molecule has 0 fully saturated rings. The van der Waals surface area contributed by atoms with Gasteiger partial charge in [0.25, 0.3) is 0 Å². The fourth-order valence-corrected chi connectivity index (χ4v) is 1.50. The van der Waals surface area contributed by atoms with Gasteiger partial charge in [-0.3, -0.25) is 5.32 Å². The summed E-state index contributed by atoms with van der Waals surface area (Å²) in [4.78, 5) is 0. The van der Waals surface area contributed by atoms with Crippen LogP contribution in [0.15, 0.2) is 18.2 Å². The third-order valence-corrected chi connectivity index (χ3v) is 2.43. The van der Waals surface area contributed by atoms with Crippen LogP contribution in [0.25, 0.3) is 0 Å². The summed E-state index contributed by atoms with van der Waals surface area (Å²) < 4.78 is 5.21. The number of ether oxygens (including phenoxy) is 1. The lowest BCUT2D eigenvalue weighted by atomic mass is 10.1. The van der Waals surface area contributed by atoms with E-state index in [9.17, 15) is 0 Å². The van der Waals surface area contributed by atoms with Crippen LogP contribution in [0.2, 0.25) is 0 Å². The van der Waals surface area contributed by atoms with Crippen molar-refractivity contribution in [2.24, 2.45) is 0 Å². The van der Waals surface area contributed by atoms with E-state index in [-0.39, 0.29) is 6.04 Å². The van der Waals surface area contributed by atoms with Gasteiger partial charge in [-0.2, -0.15) is 0 Å². The van der Waals surface area contributed by atoms with Crippen LogP contribution in [0.1, 0.15) is 24.1 Å². The molecule has 0 aromatic heterocycles. The summed E-state index contributed by atoms with van der Waals surface area (Å²) in [6, 6.07) is 6.43. The third kappa shape index (κ3) is 3.00. The van der Waals surface area contributed by atoms with Gasteiger partial charge in [-0.15, -0.1) is 6.42 Å². The first-order valence-electron chi connectivity index (χ1n) is 5.00. The van der Waals surface area contributed by atoms with E-state index < -0.39 is 0 Å². The maximum Gasteiger partial charge on any atom is 0.121 e. The smallest absolute Gasteiger partial charge is 0.121 e. The van der Waals surface area contributed by atoms with Gasteiger partial charge in [-0.1, -0.05) is 18.1 Å². The molecule has 80 valence electrons. The topological polar surface area (TPSA) is 21.3 Å². The molecule has 0 saturated carbocycles. The van der Waals surface area contributed by atoms with Crippen LogP contribution in [0.3, 0.4) is 0 Å². The van der Waals surface area contributed by atoms with Gasteiger partial charge in [0.2, 0.25) is 0 Å². The van der Waals surface area contributed by atoms with Crippen molar-refractivity contribution in [3.63, 3.8) is 0 Å². The standard InChI is InChI=1S/C13H17NO/c1-5-8-14-11(3)12-6-7-13(15-4)10(2)9-12/h1,6-7,9,11,14H,8H2,2-4H3. The minimum absolute atomic E-state index is 0.269. The molecule has 0 aliphatic heterocycles. The summed E-state index contributed by atoms with van der Waals surface area (Å²) >= 11 is 0. The van der Waals surface area contributed by atoms with Crippen LogP contribution in [-0.2, 0) is 0 Å². The lowest BCUT2D eigenvalue weighted by Crippen LogP contribution is -2.18. The monoisotopic (exact) mass is 203 g/mol. The molecule has 0 heterocycles. The lowest BCUT2D eigenvalue weighted by Gasteiger charge is -2.14. The summed E-state index contributed by atoms with van der Waals surface area (Å²) in [5, 5.41) is 3.24. The number of benzene rings is 1. The summed E-state index contributed by atoms with van der Waals surface area (Å²) in [5.74, 6) is 3.49. The Labute approximate surface area is 91.6 Å². The minimum Gasteiger partial charge on any atom is -0.496 e. The van der Waals surface area contributed by atoms with Crippen LogP contribution in [0.4, 0.5) is 0 Å². The highest BCUT2D eigenvalue weighted by Gasteiger charge is 2.06. The molecule has 0 bridgehead atoms. The average molecular weight is 203 g/mol. The van der Waals surface area contributed by atoms with Crippen LogP contribution in [0.5, 0.6) is 5.75 Å². The van der Waals surface area contributed by atoms with E-state index in [1.54, 1.807) is 7.11 Å². The normalized spacial score (nSPS) is 11.9. The Morgan fingerprint density at radius 2 is 2.27 bits per heavy atom. The van der Waals surface area contributed by atoms with E-state index in [1.165, 1.54) is 5.56 Å². The number of rotatable bonds is 4. The zero-order valence-electron chi connectivity index (χ0n) is 9.50. The molecule has 0 aliphatic rings. The molecule has 0 spiro atoms. The second kappa shape index (κ2) is 5.43. The maximum absolute atomic E-state index is 5.21. The first-order valence-corrected chi connectivity index (χ1v) is 5.00. The quantitative estimate of drug-likeness (QED) is 0.758. The average Bonchev–Trinajstić information content (AvgIpc) is 2.25. The summed E-state index contributed by atoms with van der Waals surface area (Å²) in [7, 11) is 1.68. The lowest BCUT2D eigenvalue weighted by molar-refractivity contribution is 0.411. The Balaban J connectivity index is 2.79. The van der Waals surface area contributed by atoms with E-state index in [2.05, 4.69) is 30.3 Å². The SMILES string of the molecule is C#CCNC(C)c1ccc(OC)c(C)c1. The van der Waals surface area contributed by atoms with E-state index in [0.29, 0.717) is 6.54 Å². The van der Waals surface area contributed by atoms with Crippen molar-refractivity contribution in [3.8, 4) is 18.1 Å². The second-order valence-electron chi connectivity index (χ2n) is 3.54. The van der Waals surface area contributed by atoms with Gasteiger partial charge < -0.3 is 4.74 Å². The Morgan fingerprint density at radius 1 is 1.53 bits per heavy atom. The first kappa shape index (κ1) is 11.6. The van der Waals surface area contributed by atoms with Gasteiger partial charge in [-0.05, 0) is 31.0 Å². The molecular formula is C13H17NO. The molecule has 1 N–H and O–H groups in total. The van der Waals surface area contributed by atoms with E-state index in [4.69, 9.17) is 11.2 Å². The Bertz CT molecular complexity index is 365. The summed E-state index contributed by atoms with van der Waals surface area (Å²) in [6.07, 6.45) is 5.20. The Morgan fingerprint density at radius 3 is 2.80 bits per heavy atom. The van der Waals surface area contributed by atoms with Crippen LogP contribution >= 0.6 is 0 Å². The van der Waals surface area contributed by atoms with Crippen molar-refractivity contribution >= 4 is 0 Å². The van der Waals surface area contributed by atoms with Crippen molar-refractivity contribution in [3.05, 3.63) is 29.3 Å². The van der Waals surface area contributed by atoms with Gasteiger partial charge in [0, 0.05) is 6.04 Å². The molecule has 0 saturated heterocycles. The van der Waals surface area contributed by atoms with Crippen molar-refractivity contribution in [2.75, 3.05) is 13.7 Å². The largest absolute Gasteiger partial charge is 0.496 e. The maximum atomic E-state index is 5.21.